The number of piperidine rings is 1. The van der Waals surface area contributed by atoms with E-state index in [1.807, 2.05) is 29.2 Å². The number of aromatic nitrogens is 2. The highest BCUT2D eigenvalue weighted by atomic mass is 16.5. The number of anilines is 1. The van der Waals surface area contributed by atoms with Crippen molar-refractivity contribution in [1.29, 1.82) is 0 Å². The van der Waals surface area contributed by atoms with Crippen LogP contribution in [0.25, 0.3) is 11.4 Å². The molecule has 1 aromatic carbocycles. The van der Waals surface area contributed by atoms with Crippen molar-refractivity contribution in [2.24, 2.45) is 5.92 Å². The number of hydrogen-bond donors (Lipinski definition) is 0. The molecule has 0 aliphatic carbocycles. The lowest BCUT2D eigenvalue weighted by molar-refractivity contribution is -0.135. The van der Waals surface area contributed by atoms with Gasteiger partial charge in [0.25, 0.3) is 0 Å². The van der Waals surface area contributed by atoms with E-state index < -0.39 is 0 Å². The second kappa shape index (κ2) is 7.35. The smallest absolute Gasteiger partial charge is 0.324 e. The van der Waals surface area contributed by atoms with Gasteiger partial charge in [-0.15, -0.1) is 0 Å². The summed E-state index contributed by atoms with van der Waals surface area (Å²) in [6.07, 6.45) is 3.96. The first-order valence-electron chi connectivity index (χ1n) is 9.26. The van der Waals surface area contributed by atoms with Gasteiger partial charge in [-0.05, 0) is 49.9 Å². The van der Waals surface area contributed by atoms with Crippen LogP contribution in [0.3, 0.4) is 0 Å². The topological polar surface area (TPSA) is 71.7 Å². The van der Waals surface area contributed by atoms with Gasteiger partial charge in [-0.3, -0.25) is 4.79 Å². The molecular weight excluding hydrogens is 332 g/mol. The number of carbonyl (C=O) groups is 1. The first-order valence-corrected chi connectivity index (χ1v) is 9.26. The molecule has 2 aliphatic rings. The van der Waals surface area contributed by atoms with Crippen molar-refractivity contribution < 1.29 is 14.1 Å². The normalized spacial score (nSPS) is 18.3. The first kappa shape index (κ1) is 16.9. The standard InChI is InChI=1S/C19H24N4O3/c1-25-16-6-4-14(5-7-16)17-20-19(26-21-17)23-12-8-15(9-13-23)18(24)22-10-2-3-11-22/h4-7,15H,2-3,8-13H2,1H3. The minimum absolute atomic E-state index is 0.133. The van der Waals surface area contributed by atoms with Crippen molar-refractivity contribution in [2.75, 3.05) is 38.2 Å². The van der Waals surface area contributed by atoms with E-state index in [1.165, 1.54) is 0 Å². The molecule has 7 heteroatoms. The first-order chi connectivity index (χ1) is 12.7. The van der Waals surface area contributed by atoms with E-state index in [0.29, 0.717) is 17.7 Å². The summed E-state index contributed by atoms with van der Waals surface area (Å²) in [5, 5.41) is 4.09. The Bertz CT molecular complexity index is 744. The Kier molecular flexibility index (Phi) is 4.77. The summed E-state index contributed by atoms with van der Waals surface area (Å²) in [7, 11) is 1.64. The molecule has 7 nitrogen and oxygen atoms in total. The third-order valence-corrected chi connectivity index (χ3v) is 5.30. The fourth-order valence-electron chi connectivity index (χ4n) is 3.71. The molecule has 0 spiro atoms. The number of rotatable bonds is 4. The summed E-state index contributed by atoms with van der Waals surface area (Å²) in [6, 6.07) is 8.10. The Hall–Kier alpha value is -2.57. The fraction of sp³-hybridized carbons (Fsp3) is 0.526. The quantitative estimate of drug-likeness (QED) is 0.838. The number of nitrogens with zero attached hydrogens (tertiary/aromatic N) is 4. The molecule has 1 amide bonds. The number of amides is 1. The third-order valence-electron chi connectivity index (χ3n) is 5.30. The Morgan fingerprint density at radius 1 is 1.12 bits per heavy atom. The molecular formula is C19H24N4O3. The van der Waals surface area contributed by atoms with E-state index in [1.54, 1.807) is 7.11 Å². The van der Waals surface area contributed by atoms with E-state index in [-0.39, 0.29) is 5.92 Å². The molecule has 0 bridgehead atoms. The predicted octanol–water partition coefficient (Wildman–Crippen LogP) is 2.58. The molecule has 2 aromatic rings. The van der Waals surface area contributed by atoms with Crippen LogP contribution in [0.1, 0.15) is 25.7 Å². The maximum Gasteiger partial charge on any atom is 0.324 e. The number of methoxy groups -OCH3 is 1. The summed E-state index contributed by atoms with van der Waals surface area (Å²) in [5.74, 6) is 1.82. The highest BCUT2D eigenvalue weighted by Gasteiger charge is 2.31. The van der Waals surface area contributed by atoms with Gasteiger partial charge in [-0.2, -0.15) is 4.98 Å². The molecule has 26 heavy (non-hydrogen) atoms. The number of ether oxygens (including phenoxy) is 1. The summed E-state index contributed by atoms with van der Waals surface area (Å²) >= 11 is 0. The third kappa shape index (κ3) is 3.38. The zero-order valence-electron chi connectivity index (χ0n) is 15.1. The van der Waals surface area contributed by atoms with E-state index in [0.717, 1.165) is 63.2 Å². The minimum Gasteiger partial charge on any atom is -0.497 e. The lowest BCUT2D eigenvalue weighted by atomic mass is 9.95. The average molecular weight is 356 g/mol. The van der Waals surface area contributed by atoms with Gasteiger partial charge >= 0.3 is 6.01 Å². The molecule has 0 unspecified atom stereocenters. The molecule has 138 valence electrons. The van der Waals surface area contributed by atoms with Gasteiger partial charge in [0.05, 0.1) is 7.11 Å². The molecule has 0 saturated carbocycles. The number of benzene rings is 1. The zero-order chi connectivity index (χ0) is 17.9. The summed E-state index contributed by atoms with van der Waals surface area (Å²) in [6.45, 7) is 3.39. The van der Waals surface area contributed by atoms with Crippen LogP contribution in [0.4, 0.5) is 6.01 Å². The molecule has 3 heterocycles. The van der Waals surface area contributed by atoms with Gasteiger partial charge in [-0.25, -0.2) is 0 Å². The maximum atomic E-state index is 12.5. The highest BCUT2D eigenvalue weighted by Crippen LogP contribution is 2.27. The van der Waals surface area contributed by atoms with Gasteiger partial charge < -0.3 is 19.1 Å². The Morgan fingerprint density at radius 3 is 2.46 bits per heavy atom. The molecule has 0 N–H and O–H groups in total. The van der Waals surface area contributed by atoms with Crippen LogP contribution in [0.2, 0.25) is 0 Å². The number of likely N-dealkylation sites (tertiary alicyclic amines) is 1. The second-order valence-corrected chi connectivity index (χ2v) is 6.92. The van der Waals surface area contributed by atoms with Crippen molar-refractivity contribution in [1.82, 2.24) is 15.0 Å². The lowest BCUT2D eigenvalue weighted by Gasteiger charge is -2.31. The largest absolute Gasteiger partial charge is 0.497 e. The van der Waals surface area contributed by atoms with Gasteiger partial charge in [0, 0.05) is 37.7 Å². The van der Waals surface area contributed by atoms with Gasteiger partial charge in [0.1, 0.15) is 5.75 Å². The van der Waals surface area contributed by atoms with Crippen LogP contribution in [0.5, 0.6) is 5.75 Å². The van der Waals surface area contributed by atoms with Gasteiger partial charge in [0.2, 0.25) is 11.7 Å². The summed E-state index contributed by atoms with van der Waals surface area (Å²) < 4.78 is 10.6. The Morgan fingerprint density at radius 2 is 1.81 bits per heavy atom. The molecule has 0 radical (unpaired) electrons. The SMILES string of the molecule is COc1ccc(-c2noc(N3CCC(C(=O)N4CCCC4)CC3)n2)cc1. The van der Waals surface area contributed by atoms with Crippen LogP contribution in [0.15, 0.2) is 28.8 Å². The van der Waals surface area contributed by atoms with Crippen molar-refractivity contribution in [3.05, 3.63) is 24.3 Å². The number of carbonyl (C=O) groups excluding carboxylic acids is 1. The van der Waals surface area contributed by atoms with E-state index in [2.05, 4.69) is 15.0 Å². The molecule has 0 atom stereocenters. The Balaban J connectivity index is 1.37. The minimum atomic E-state index is 0.133. The van der Waals surface area contributed by atoms with Crippen molar-refractivity contribution in [2.45, 2.75) is 25.7 Å². The molecule has 2 fully saturated rings. The summed E-state index contributed by atoms with van der Waals surface area (Å²) in [4.78, 5) is 21.1. The highest BCUT2D eigenvalue weighted by molar-refractivity contribution is 5.79. The van der Waals surface area contributed by atoms with Crippen molar-refractivity contribution in [3.63, 3.8) is 0 Å². The van der Waals surface area contributed by atoms with E-state index in [4.69, 9.17) is 9.26 Å². The van der Waals surface area contributed by atoms with Crippen LogP contribution in [0, 0.1) is 5.92 Å². The molecule has 4 rings (SSSR count). The van der Waals surface area contributed by atoms with E-state index >= 15 is 0 Å². The Labute approximate surface area is 152 Å². The average Bonchev–Trinajstić information content (AvgIpc) is 3.40. The fourth-order valence-corrected chi connectivity index (χ4v) is 3.71. The second-order valence-electron chi connectivity index (χ2n) is 6.92. The van der Waals surface area contributed by atoms with E-state index in [9.17, 15) is 4.79 Å². The van der Waals surface area contributed by atoms with Gasteiger partial charge in [-0.1, -0.05) is 5.16 Å². The molecule has 2 saturated heterocycles. The van der Waals surface area contributed by atoms with Crippen molar-refractivity contribution in [3.8, 4) is 17.1 Å². The zero-order valence-corrected chi connectivity index (χ0v) is 15.1. The lowest BCUT2D eigenvalue weighted by Crippen LogP contribution is -2.41. The monoisotopic (exact) mass is 356 g/mol. The maximum absolute atomic E-state index is 12.5. The molecule has 1 aromatic heterocycles. The van der Waals surface area contributed by atoms with Crippen LogP contribution < -0.4 is 9.64 Å². The van der Waals surface area contributed by atoms with Crippen LogP contribution >= 0.6 is 0 Å². The predicted molar refractivity (Wildman–Crippen MR) is 97.0 cm³/mol. The molecule has 2 aliphatic heterocycles. The summed E-state index contributed by atoms with van der Waals surface area (Å²) in [5.41, 5.74) is 0.889. The number of hydrogen-bond acceptors (Lipinski definition) is 6. The van der Waals surface area contributed by atoms with Gasteiger partial charge in [0.15, 0.2) is 0 Å². The van der Waals surface area contributed by atoms with Crippen LogP contribution in [-0.2, 0) is 4.79 Å². The van der Waals surface area contributed by atoms with Crippen molar-refractivity contribution >= 4 is 11.9 Å². The van der Waals surface area contributed by atoms with Crippen LogP contribution in [-0.4, -0.2) is 54.2 Å².